The standard InChI is InChI=1S/CH2O3.2Na.2H2O/c2-1(3)4;;;;/h(H2,2,3,4);;;2*1H2/q;2*+1;;/p-2. The molecule has 0 spiro atoms. The maximum atomic E-state index is 8.33. The number of hydrogen-bond acceptors (Lipinski definition) is 3. The van der Waals surface area contributed by atoms with Gasteiger partial charge in [-0.3, -0.25) is 0 Å². The molecule has 4 N–H and O–H groups in total. The molecule has 0 fully saturated rings. The van der Waals surface area contributed by atoms with Crippen molar-refractivity contribution >= 4 is 6.16 Å². The summed E-state index contributed by atoms with van der Waals surface area (Å²) >= 11 is 0. The molecule has 0 aromatic carbocycles. The molecule has 8 heavy (non-hydrogen) atoms. The third-order valence-electron chi connectivity index (χ3n) is 0. The minimum Gasteiger partial charge on any atom is -0.652 e. The first-order valence-corrected chi connectivity index (χ1v) is 0.612. The Morgan fingerprint density at radius 3 is 1.00 bits per heavy atom. The van der Waals surface area contributed by atoms with Crippen LogP contribution in [0, 0.1) is 0 Å². The molecule has 0 aliphatic rings. The van der Waals surface area contributed by atoms with Crippen LogP contribution in [-0.4, -0.2) is 17.1 Å². The molecule has 0 saturated carbocycles. The Balaban J connectivity index is -0.00000000750. The molecule has 7 heteroatoms. The third-order valence-corrected chi connectivity index (χ3v) is 0. The molecule has 0 saturated heterocycles. The molecule has 0 aromatic rings. The van der Waals surface area contributed by atoms with Gasteiger partial charge in [0.1, 0.15) is 0 Å². The fourth-order valence-electron chi connectivity index (χ4n) is 0. The first-order chi connectivity index (χ1) is 1.73. The predicted molar refractivity (Wildman–Crippen MR) is 12.6 cm³/mol. The van der Waals surface area contributed by atoms with Crippen LogP contribution >= 0.6 is 0 Å². The van der Waals surface area contributed by atoms with Crippen LogP contribution in [0.2, 0.25) is 0 Å². The topological polar surface area (TPSA) is 126 Å². The molecule has 5 nitrogen and oxygen atoms in total. The van der Waals surface area contributed by atoms with Crippen LogP contribution in [0.25, 0.3) is 0 Å². The number of hydrogen-bond donors (Lipinski definition) is 0. The first kappa shape index (κ1) is 35.1. The normalized spacial score (nSPS) is 3.00. The average Bonchev–Trinajstić information content (AvgIpc) is 0.811. The van der Waals surface area contributed by atoms with E-state index >= 15 is 0 Å². The van der Waals surface area contributed by atoms with Gasteiger partial charge in [-0.05, 0) is 6.16 Å². The van der Waals surface area contributed by atoms with E-state index in [0.717, 1.165) is 0 Å². The molecule has 0 aliphatic carbocycles. The van der Waals surface area contributed by atoms with E-state index in [1.165, 1.54) is 0 Å². The fraction of sp³-hybridized carbons (Fsp3) is 0. The van der Waals surface area contributed by atoms with Crippen molar-refractivity contribution in [2.45, 2.75) is 0 Å². The van der Waals surface area contributed by atoms with E-state index in [1.807, 2.05) is 0 Å². The van der Waals surface area contributed by atoms with E-state index in [4.69, 9.17) is 15.0 Å². The minimum absolute atomic E-state index is 0. The van der Waals surface area contributed by atoms with Crippen LogP contribution in [0.15, 0.2) is 0 Å². The quantitative estimate of drug-likeness (QED) is 0.311. The third kappa shape index (κ3) is 195. The van der Waals surface area contributed by atoms with Crippen molar-refractivity contribution in [2.75, 3.05) is 0 Å². The largest absolute Gasteiger partial charge is 1.00 e. The average molecular weight is 142 g/mol. The summed E-state index contributed by atoms with van der Waals surface area (Å²) in [7, 11) is 0. The van der Waals surface area contributed by atoms with Crippen molar-refractivity contribution in [3.8, 4) is 0 Å². The smallest absolute Gasteiger partial charge is 0.652 e. The van der Waals surface area contributed by atoms with Crippen LogP contribution in [-0.2, 0) is 0 Å². The SMILES string of the molecule is O.O.O=C([O-])[O-].[Na+].[Na+]. The van der Waals surface area contributed by atoms with E-state index in [0.29, 0.717) is 0 Å². The molecule has 0 amide bonds. The van der Waals surface area contributed by atoms with Gasteiger partial charge < -0.3 is 26.0 Å². The molecule has 40 valence electrons. The molecule has 0 aliphatic heterocycles. The van der Waals surface area contributed by atoms with Gasteiger partial charge >= 0.3 is 59.1 Å². The van der Waals surface area contributed by atoms with Crippen molar-refractivity contribution in [2.24, 2.45) is 0 Å². The summed E-state index contributed by atoms with van der Waals surface area (Å²) in [6, 6.07) is 0. The van der Waals surface area contributed by atoms with Gasteiger partial charge in [0, 0.05) is 0 Å². The van der Waals surface area contributed by atoms with E-state index in [-0.39, 0.29) is 70.1 Å². The second kappa shape index (κ2) is 24.1. The summed E-state index contributed by atoms with van der Waals surface area (Å²) in [5.41, 5.74) is 0. The van der Waals surface area contributed by atoms with Crippen LogP contribution in [0.3, 0.4) is 0 Å². The van der Waals surface area contributed by atoms with Crippen molar-refractivity contribution in [1.29, 1.82) is 0 Å². The Bertz CT molecular complexity index is 33.4. The van der Waals surface area contributed by atoms with E-state index in [2.05, 4.69) is 0 Å². The Morgan fingerprint density at radius 1 is 1.00 bits per heavy atom. The van der Waals surface area contributed by atoms with Gasteiger partial charge in [0.05, 0.1) is 0 Å². The molecule has 0 unspecified atom stereocenters. The monoisotopic (exact) mass is 142 g/mol. The molecule has 0 atom stereocenters. The van der Waals surface area contributed by atoms with E-state index < -0.39 is 6.16 Å². The van der Waals surface area contributed by atoms with E-state index in [9.17, 15) is 0 Å². The number of rotatable bonds is 0. The number of carbonyl (C=O) groups is 1. The van der Waals surface area contributed by atoms with Crippen molar-refractivity contribution in [3.63, 3.8) is 0 Å². The van der Waals surface area contributed by atoms with Crippen molar-refractivity contribution in [1.82, 2.24) is 0 Å². The number of carbonyl (C=O) groups excluding carboxylic acids is 1. The summed E-state index contributed by atoms with van der Waals surface area (Å²) < 4.78 is 0. The Kier molecular flexibility index (Phi) is 106. The second-order valence-corrected chi connectivity index (χ2v) is 0.250. The summed E-state index contributed by atoms with van der Waals surface area (Å²) in [5, 5.41) is 16.7. The zero-order valence-corrected chi connectivity index (χ0v) is 8.72. The van der Waals surface area contributed by atoms with E-state index in [1.54, 1.807) is 0 Å². The first-order valence-electron chi connectivity index (χ1n) is 0.612. The summed E-state index contributed by atoms with van der Waals surface area (Å²) in [6.45, 7) is 0. The van der Waals surface area contributed by atoms with Crippen LogP contribution in [0.1, 0.15) is 0 Å². The van der Waals surface area contributed by atoms with Crippen molar-refractivity contribution < 1.29 is 85.1 Å². The van der Waals surface area contributed by atoms with Gasteiger partial charge in [-0.2, -0.15) is 0 Å². The van der Waals surface area contributed by atoms with Gasteiger partial charge in [-0.15, -0.1) is 0 Å². The summed E-state index contributed by atoms with van der Waals surface area (Å²) in [6.07, 6.45) is -2.33. The molecular formula is CH4Na2O5. The maximum Gasteiger partial charge on any atom is 1.00 e. The Hall–Kier alpha value is 1.19. The van der Waals surface area contributed by atoms with Crippen LogP contribution < -0.4 is 69.3 Å². The summed E-state index contributed by atoms with van der Waals surface area (Å²) in [4.78, 5) is 8.33. The summed E-state index contributed by atoms with van der Waals surface area (Å²) in [5.74, 6) is 0. The van der Waals surface area contributed by atoms with Crippen molar-refractivity contribution in [3.05, 3.63) is 0 Å². The predicted octanol–water partition coefficient (Wildman–Crippen LogP) is -10.1. The maximum absolute atomic E-state index is 8.33. The molecule has 0 heterocycles. The molecule has 0 radical (unpaired) electrons. The van der Waals surface area contributed by atoms with Gasteiger partial charge in [-0.25, -0.2) is 0 Å². The van der Waals surface area contributed by atoms with Gasteiger partial charge in [-0.1, -0.05) is 0 Å². The molecule has 0 bridgehead atoms. The van der Waals surface area contributed by atoms with Crippen LogP contribution in [0.4, 0.5) is 4.79 Å². The second-order valence-electron chi connectivity index (χ2n) is 0.250. The molecule has 0 aromatic heterocycles. The minimum atomic E-state index is -2.33. The Morgan fingerprint density at radius 2 is 1.00 bits per heavy atom. The molecular weight excluding hydrogens is 138 g/mol. The van der Waals surface area contributed by atoms with Gasteiger partial charge in [0.15, 0.2) is 0 Å². The fourth-order valence-corrected chi connectivity index (χ4v) is 0. The zero-order chi connectivity index (χ0) is 3.58. The zero-order valence-electron chi connectivity index (χ0n) is 4.72. The van der Waals surface area contributed by atoms with Gasteiger partial charge in [0.2, 0.25) is 0 Å². The molecule has 0 rings (SSSR count). The van der Waals surface area contributed by atoms with Gasteiger partial charge in [0.25, 0.3) is 0 Å². The Labute approximate surface area is 90.3 Å². The number of carboxylic acid groups (broad SMARTS) is 2. The van der Waals surface area contributed by atoms with Crippen LogP contribution in [0.5, 0.6) is 0 Å².